The van der Waals surface area contributed by atoms with Gasteiger partial charge < -0.3 is 10.2 Å². The summed E-state index contributed by atoms with van der Waals surface area (Å²) in [6, 6.07) is 2.43. The van der Waals surface area contributed by atoms with Crippen molar-refractivity contribution in [3.8, 4) is 0 Å². The van der Waals surface area contributed by atoms with Crippen molar-refractivity contribution < 1.29 is 13.6 Å². The van der Waals surface area contributed by atoms with E-state index in [4.69, 9.17) is 0 Å². The Morgan fingerprint density at radius 2 is 1.90 bits per heavy atom. The highest BCUT2D eigenvalue weighted by Crippen LogP contribution is 2.30. The van der Waals surface area contributed by atoms with Gasteiger partial charge in [-0.1, -0.05) is 13.8 Å². The smallest absolute Gasteiger partial charge is 0.254 e. The highest BCUT2D eigenvalue weighted by atomic mass is 19.1. The largest absolute Gasteiger partial charge is 0.383 e. The average Bonchev–Trinajstić information content (AvgIpc) is 3.18. The maximum absolute atomic E-state index is 13.7. The van der Waals surface area contributed by atoms with Crippen LogP contribution in [0, 0.1) is 17.6 Å². The molecule has 1 fully saturated rings. The zero-order chi connectivity index (χ0) is 14.9. The Bertz CT molecular complexity index is 490. The molecule has 1 aromatic rings. The third kappa shape index (κ3) is 3.08. The number of carbonyl (C=O) groups is 1. The Kier molecular flexibility index (Phi) is 4.26. The summed E-state index contributed by atoms with van der Waals surface area (Å²) in [5, 5.41) is 2.45. The van der Waals surface area contributed by atoms with Gasteiger partial charge in [-0.05, 0) is 30.9 Å². The predicted octanol–water partition coefficient (Wildman–Crippen LogP) is 3.27. The molecule has 5 heteroatoms. The van der Waals surface area contributed by atoms with Gasteiger partial charge in [-0.15, -0.1) is 0 Å². The lowest BCUT2D eigenvalue weighted by Gasteiger charge is -2.24. The third-order valence-electron chi connectivity index (χ3n) is 3.35. The second kappa shape index (κ2) is 5.77. The molecule has 0 radical (unpaired) electrons. The van der Waals surface area contributed by atoms with Gasteiger partial charge in [0.05, 0.1) is 0 Å². The first-order chi connectivity index (χ1) is 9.43. The van der Waals surface area contributed by atoms with Crippen LogP contribution in [0.3, 0.4) is 0 Å². The fourth-order valence-electron chi connectivity index (χ4n) is 2.28. The lowest BCUT2D eigenvalue weighted by Crippen LogP contribution is -2.36. The van der Waals surface area contributed by atoms with Crippen LogP contribution in [0.4, 0.5) is 14.5 Å². The van der Waals surface area contributed by atoms with Crippen LogP contribution >= 0.6 is 0 Å². The van der Waals surface area contributed by atoms with Crippen molar-refractivity contribution in [1.82, 2.24) is 4.90 Å². The van der Waals surface area contributed by atoms with E-state index in [1.165, 1.54) is 7.05 Å². The summed E-state index contributed by atoms with van der Waals surface area (Å²) in [4.78, 5) is 14.2. The topological polar surface area (TPSA) is 32.3 Å². The lowest BCUT2D eigenvalue weighted by atomic mass is 10.1. The molecular formula is C15H20F2N2O. The summed E-state index contributed by atoms with van der Waals surface area (Å²) in [6.07, 6.45) is 1.94. The number of hydrogen-bond donors (Lipinski definition) is 1. The first-order valence-electron chi connectivity index (χ1n) is 6.91. The molecule has 0 heterocycles. The molecule has 0 saturated heterocycles. The number of amides is 1. The number of nitrogens with one attached hydrogen (secondary N) is 1. The van der Waals surface area contributed by atoms with Crippen molar-refractivity contribution in [3.63, 3.8) is 0 Å². The van der Waals surface area contributed by atoms with E-state index in [-0.39, 0.29) is 23.2 Å². The fraction of sp³-hybridized carbons (Fsp3) is 0.533. The van der Waals surface area contributed by atoms with Gasteiger partial charge in [0.15, 0.2) is 0 Å². The molecule has 1 N–H and O–H groups in total. The van der Waals surface area contributed by atoms with Gasteiger partial charge in [-0.3, -0.25) is 4.79 Å². The molecule has 110 valence electrons. The number of carbonyl (C=O) groups excluding carboxylic acids is 1. The van der Waals surface area contributed by atoms with E-state index >= 15 is 0 Å². The van der Waals surface area contributed by atoms with Crippen LogP contribution < -0.4 is 5.32 Å². The van der Waals surface area contributed by atoms with E-state index in [2.05, 4.69) is 5.32 Å². The van der Waals surface area contributed by atoms with E-state index in [0.717, 1.165) is 25.0 Å². The first kappa shape index (κ1) is 14.8. The van der Waals surface area contributed by atoms with Crippen molar-refractivity contribution in [1.29, 1.82) is 0 Å². The van der Waals surface area contributed by atoms with Gasteiger partial charge in [-0.25, -0.2) is 8.78 Å². The average molecular weight is 282 g/mol. The minimum Gasteiger partial charge on any atom is -0.383 e. The molecule has 0 atom stereocenters. The van der Waals surface area contributed by atoms with E-state index in [9.17, 15) is 13.6 Å². The number of anilines is 1. The Morgan fingerprint density at radius 3 is 2.30 bits per heavy atom. The lowest BCUT2D eigenvalue weighted by molar-refractivity contribution is 0.0721. The van der Waals surface area contributed by atoms with Crippen molar-refractivity contribution in [2.75, 3.05) is 18.9 Å². The number of rotatable bonds is 5. The van der Waals surface area contributed by atoms with Crippen LogP contribution in [0.5, 0.6) is 0 Å². The molecule has 1 amide bonds. The van der Waals surface area contributed by atoms with Gasteiger partial charge in [0.1, 0.15) is 17.3 Å². The molecule has 0 aromatic heterocycles. The quantitative estimate of drug-likeness (QED) is 0.899. The molecule has 0 unspecified atom stereocenters. The maximum Gasteiger partial charge on any atom is 0.254 e. The minimum absolute atomic E-state index is 0.0755. The summed E-state index contributed by atoms with van der Waals surface area (Å²) < 4.78 is 27.5. The summed E-state index contributed by atoms with van der Waals surface area (Å²) >= 11 is 0. The fourth-order valence-corrected chi connectivity index (χ4v) is 2.28. The van der Waals surface area contributed by atoms with Crippen LogP contribution in [0.1, 0.15) is 37.0 Å². The van der Waals surface area contributed by atoms with Gasteiger partial charge in [-0.2, -0.15) is 0 Å². The van der Waals surface area contributed by atoms with Crippen LogP contribution in [-0.4, -0.2) is 30.4 Å². The van der Waals surface area contributed by atoms with Gasteiger partial charge in [0.2, 0.25) is 0 Å². The van der Waals surface area contributed by atoms with Crippen LogP contribution in [0.15, 0.2) is 12.1 Å². The molecule has 1 aromatic carbocycles. The second-order valence-electron chi connectivity index (χ2n) is 5.65. The predicted molar refractivity (Wildman–Crippen MR) is 74.8 cm³/mol. The van der Waals surface area contributed by atoms with Crippen molar-refractivity contribution in [2.24, 2.45) is 5.92 Å². The summed E-state index contributed by atoms with van der Waals surface area (Å²) in [5.41, 5.74) is -0.130. The Hall–Kier alpha value is -1.65. The molecular weight excluding hydrogens is 262 g/mol. The molecule has 1 aliphatic carbocycles. The molecule has 1 aliphatic rings. The van der Waals surface area contributed by atoms with Crippen LogP contribution in [-0.2, 0) is 0 Å². The number of halogens is 2. The molecule has 0 spiro atoms. The molecule has 3 nitrogen and oxygen atoms in total. The van der Waals surface area contributed by atoms with Gasteiger partial charge >= 0.3 is 0 Å². The summed E-state index contributed by atoms with van der Waals surface area (Å²) in [6.45, 7) is 4.66. The number of nitrogens with zero attached hydrogens (tertiary/aromatic N) is 1. The Balaban J connectivity index is 2.27. The summed E-state index contributed by atoms with van der Waals surface area (Å²) in [7, 11) is 1.44. The number of hydrogen-bond acceptors (Lipinski definition) is 2. The minimum atomic E-state index is -0.740. The van der Waals surface area contributed by atoms with Gasteiger partial charge in [0, 0.05) is 25.2 Å². The van der Waals surface area contributed by atoms with E-state index in [0.29, 0.717) is 12.5 Å². The standard InChI is InChI=1S/C15H20F2N2O/c1-9(2)8-19(11-4-5-11)15(20)10-6-12(16)14(18-3)13(17)7-10/h6-7,9,11,18H,4-5,8H2,1-3H3. The molecule has 2 rings (SSSR count). The molecule has 20 heavy (non-hydrogen) atoms. The zero-order valence-electron chi connectivity index (χ0n) is 12.0. The van der Waals surface area contributed by atoms with E-state index in [1.807, 2.05) is 13.8 Å². The van der Waals surface area contributed by atoms with E-state index in [1.54, 1.807) is 4.90 Å². The highest BCUT2D eigenvalue weighted by Gasteiger charge is 2.33. The zero-order valence-corrected chi connectivity index (χ0v) is 12.0. The molecule has 0 bridgehead atoms. The normalized spacial score (nSPS) is 14.5. The van der Waals surface area contributed by atoms with Crippen LogP contribution in [0.2, 0.25) is 0 Å². The SMILES string of the molecule is CNc1c(F)cc(C(=O)N(CC(C)C)C2CC2)cc1F. The highest BCUT2D eigenvalue weighted by molar-refractivity contribution is 5.95. The summed E-state index contributed by atoms with van der Waals surface area (Å²) in [5.74, 6) is -1.44. The second-order valence-corrected chi connectivity index (χ2v) is 5.65. The Labute approximate surface area is 118 Å². The molecule has 0 aliphatic heterocycles. The van der Waals surface area contributed by atoms with Gasteiger partial charge in [0.25, 0.3) is 5.91 Å². The molecule has 1 saturated carbocycles. The van der Waals surface area contributed by atoms with Crippen molar-refractivity contribution in [2.45, 2.75) is 32.7 Å². The van der Waals surface area contributed by atoms with Crippen molar-refractivity contribution in [3.05, 3.63) is 29.3 Å². The Morgan fingerprint density at radius 1 is 1.35 bits per heavy atom. The number of benzene rings is 1. The monoisotopic (exact) mass is 282 g/mol. The third-order valence-corrected chi connectivity index (χ3v) is 3.35. The maximum atomic E-state index is 13.7. The van der Waals surface area contributed by atoms with E-state index < -0.39 is 11.6 Å². The first-order valence-corrected chi connectivity index (χ1v) is 6.91. The van der Waals surface area contributed by atoms with Crippen molar-refractivity contribution >= 4 is 11.6 Å². The van der Waals surface area contributed by atoms with Crippen LogP contribution in [0.25, 0.3) is 0 Å².